The Bertz CT molecular complexity index is 1040. The fourth-order valence-corrected chi connectivity index (χ4v) is 5.47. The molecule has 8 nitrogen and oxygen atoms in total. The van der Waals surface area contributed by atoms with E-state index in [1.807, 2.05) is 23.1 Å². The van der Waals surface area contributed by atoms with E-state index in [1.54, 1.807) is 12.1 Å². The first-order valence-electron chi connectivity index (χ1n) is 11.7. The minimum Gasteiger partial charge on any atom is -0.363 e. The summed E-state index contributed by atoms with van der Waals surface area (Å²) in [6, 6.07) is 15.1. The van der Waals surface area contributed by atoms with Gasteiger partial charge in [-0.05, 0) is 30.5 Å². The average molecular weight is 449 g/mol. The fraction of sp³-hybridized carbons (Fsp3) is 0.440. The monoisotopic (exact) mass is 448 g/mol. The molecular weight excluding hydrogens is 420 g/mol. The number of nitro benzene ring substituents is 1. The van der Waals surface area contributed by atoms with Crippen molar-refractivity contribution < 1.29 is 14.5 Å². The third-order valence-electron chi connectivity index (χ3n) is 7.22. The Morgan fingerprint density at radius 2 is 1.52 bits per heavy atom. The van der Waals surface area contributed by atoms with Gasteiger partial charge in [0.2, 0.25) is 11.8 Å². The Hall–Kier alpha value is -3.26. The van der Waals surface area contributed by atoms with Gasteiger partial charge in [0, 0.05) is 38.8 Å². The van der Waals surface area contributed by atoms with Crippen molar-refractivity contribution in [3.05, 3.63) is 64.2 Å². The fourth-order valence-electron chi connectivity index (χ4n) is 5.47. The molecule has 2 saturated heterocycles. The first-order valence-corrected chi connectivity index (χ1v) is 11.7. The Morgan fingerprint density at radius 3 is 2.12 bits per heavy atom. The van der Waals surface area contributed by atoms with Crippen LogP contribution in [0.2, 0.25) is 0 Å². The van der Waals surface area contributed by atoms with Gasteiger partial charge in [-0.15, -0.1) is 0 Å². The molecule has 33 heavy (non-hydrogen) atoms. The summed E-state index contributed by atoms with van der Waals surface area (Å²) >= 11 is 0. The van der Waals surface area contributed by atoms with Crippen molar-refractivity contribution in [1.29, 1.82) is 0 Å². The highest BCUT2D eigenvalue weighted by molar-refractivity contribution is 6.22. The number of nitro groups is 1. The number of imide groups is 1. The smallest absolute Gasteiger partial charge is 0.294 e. The number of anilines is 2. The van der Waals surface area contributed by atoms with E-state index in [1.165, 1.54) is 16.5 Å². The molecule has 172 valence electrons. The molecule has 0 aromatic heterocycles. The van der Waals surface area contributed by atoms with Gasteiger partial charge in [-0.3, -0.25) is 24.6 Å². The molecule has 1 aliphatic carbocycles. The number of carbonyl (C=O) groups is 2. The largest absolute Gasteiger partial charge is 0.363 e. The molecule has 0 unspecified atom stereocenters. The number of carbonyl (C=O) groups excluding carboxylic acids is 2. The van der Waals surface area contributed by atoms with Crippen LogP contribution in [0.4, 0.5) is 17.1 Å². The van der Waals surface area contributed by atoms with Gasteiger partial charge >= 0.3 is 0 Å². The predicted molar refractivity (Wildman–Crippen MR) is 125 cm³/mol. The Labute approximate surface area is 192 Å². The lowest BCUT2D eigenvalue weighted by atomic mass is 9.81. The predicted octanol–water partition coefficient (Wildman–Crippen LogP) is 3.60. The van der Waals surface area contributed by atoms with E-state index in [0.29, 0.717) is 24.5 Å². The van der Waals surface area contributed by atoms with E-state index in [4.69, 9.17) is 0 Å². The quantitative estimate of drug-likeness (QED) is 0.395. The lowest BCUT2D eigenvalue weighted by molar-refractivity contribution is -0.384. The van der Waals surface area contributed by atoms with E-state index in [2.05, 4.69) is 17.0 Å². The number of amides is 2. The molecule has 2 aliphatic heterocycles. The highest BCUT2D eigenvalue weighted by Crippen LogP contribution is 2.42. The SMILES string of the molecule is O=C1[C@@H]2CCCC[C@H]2C(=O)N1c1ccc(N2CCN(Cc3ccccc3)CC2)c([N+](=O)[O-])c1. The lowest BCUT2D eigenvalue weighted by Gasteiger charge is -2.36. The van der Waals surface area contributed by atoms with Gasteiger partial charge in [-0.2, -0.15) is 0 Å². The molecule has 2 heterocycles. The van der Waals surface area contributed by atoms with Crippen LogP contribution in [-0.4, -0.2) is 47.8 Å². The van der Waals surface area contributed by atoms with Crippen LogP contribution >= 0.6 is 0 Å². The number of hydrogen-bond donors (Lipinski definition) is 0. The maximum Gasteiger partial charge on any atom is 0.294 e. The summed E-state index contributed by atoms with van der Waals surface area (Å²) in [7, 11) is 0. The van der Waals surface area contributed by atoms with Gasteiger partial charge in [0.1, 0.15) is 5.69 Å². The van der Waals surface area contributed by atoms with Gasteiger partial charge in [0.15, 0.2) is 0 Å². The molecule has 2 atom stereocenters. The molecular formula is C25H28N4O4. The van der Waals surface area contributed by atoms with Gasteiger partial charge in [0.25, 0.3) is 5.69 Å². The van der Waals surface area contributed by atoms with E-state index >= 15 is 0 Å². The highest BCUT2D eigenvalue weighted by Gasteiger charge is 2.49. The average Bonchev–Trinajstić information content (AvgIpc) is 3.10. The first-order chi connectivity index (χ1) is 16.0. The summed E-state index contributed by atoms with van der Waals surface area (Å²) in [5.41, 5.74) is 2.05. The van der Waals surface area contributed by atoms with Gasteiger partial charge in [0.05, 0.1) is 22.4 Å². The van der Waals surface area contributed by atoms with Crippen LogP contribution in [0.3, 0.4) is 0 Å². The van der Waals surface area contributed by atoms with Crippen molar-refractivity contribution >= 4 is 28.9 Å². The Kier molecular flexibility index (Phi) is 5.85. The van der Waals surface area contributed by atoms with Crippen molar-refractivity contribution in [3.8, 4) is 0 Å². The van der Waals surface area contributed by atoms with Crippen LogP contribution in [0.15, 0.2) is 48.5 Å². The molecule has 2 aromatic rings. The molecule has 2 aromatic carbocycles. The molecule has 5 rings (SSSR count). The molecule has 3 fully saturated rings. The Balaban J connectivity index is 1.33. The van der Waals surface area contributed by atoms with Crippen LogP contribution in [0.25, 0.3) is 0 Å². The number of rotatable bonds is 5. The third-order valence-corrected chi connectivity index (χ3v) is 7.22. The molecule has 0 bridgehead atoms. The van der Waals surface area contributed by atoms with Crippen LogP contribution in [0.1, 0.15) is 31.2 Å². The zero-order valence-corrected chi connectivity index (χ0v) is 18.6. The lowest BCUT2D eigenvalue weighted by Crippen LogP contribution is -2.46. The summed E-state index contributed by atoms with van der Waals surface area (Å²) in [6.07, 6.45) is 3.34. The summed E-state index contributed by atoms with van der Waals surface area (Å²) in [5.74, 6) is -0.965. The zero-order chi connectivity index (χ0) is 22.9. The molecule has 8 heteroatoms. The van der Waals surface area contributed by atoms with Gasteiger partial charge < -0.3 is 4.90 Å². The van der Waals surface area contributed by atoms with E-state index in [-0.39, 0.29) is 29.3 Å². The summed E-state index contributed by atoms with van der Waals surface area (Å²) in [4.78, 5) is 42.9. The molecule has 0 N–H and O–H groups in total. The number of benzene rings is 2. The molecule has 3 aliphatic rings. The molecule has 0 radical (unpaired) electrons. The number of hydrogen-bond acceptors (Lipinski definition) is 6. The van der Waals surface area contributed by atoms with E-state index in [9.17, 15) is 19.7 Å². The second kappa shape index (κ2) is 8.94. The first kappa shape index (κ1) is 21.6. The third kappa shape index (κ3) is 4.11. The van der Waals surface area contributed by atoms with Crippen molar-refractivity contribution in [3.63, 3.8) is 0 Å². The van der Waals surface area contributed by atoms with Crippen LogP contribution in [0.5, 0.6) is 0 Å². The minimum absolute atomic E-state index is 0.0560. The van der Waals surface area contributed by atoms with Crippen molar-refractivity contribution in [2.75, 3.05) is 36.0 Å². The van der Waals surface area contributed by atoms with E-state index in [0.717, 1.165) is 45.3 Å². The van der Waals surface area contributed by atoms with Crippen LogP contribution < -0.4 is 9.80 Å². The topological polar surface area (TPSA) is 87.0 Å². The zero-order valence-electron chi connectivity index (χ0n) is 18.6. The molecule has 1 saturated carbocycles. The van der Waals surface area contributed by atoms with Crippen molar-refractivity contribution in [2.45, 2.75) is 32.2 Å². The number of nitrogens with zero attached hydrogens (tertiary/aromatic N) is 4. The van der Waals surface area contributed by atoms with Gasteiger partial charge in [-0.1, -0.05) is 43.2 Å². The highest BCUT2D eigenvalue weighted by atomic mass is 16.6. The maximum absolute atomic E-state index is 12.9. The second-order valence-corrected chi connectivity index (χ2v) is 9.19. The van der Waals surface area contributed by atoms with Crippen molar-refractivity contribution in [1.82, 2.24) is 4.90 Å². The summed E-state index contributed by atoms with van der Waals surface area (Å²) < 4.78 is 0. The standard InChI is InChI=1S/C25H28N4O4/c30-24-20-8-4-5-9-21(20)25(31)28(24)19-10-11-22(23(16-19)29(32)33)27-14-12-26(13-15-27)17-18-6-2-1-3-7-18/h1-3,6-7,10-11,16,20-21H,4-5,8-9,12-15,17H2/t20-,21-/m1/s1. The minimum atomic E-state index is -0.409. The summed E-state index contributed by atoms with van der Waals surface area (Å²) in [5, 5.41) is 11.9. The Morgan fingerprint density at radius 1 is 0.879 bits per heavy atom. The van der Waals surface area contributed by atoms with Crippen molar-refractivity contribution in [2.24, 2.45) is 11.8 Å². The number of fused-ring (bicyclic) bond motifs is 1. The van der Waals surface area contributed by atoms with E-state index < -0.39 is 4.92 Å². The maximum atomic E-state index is 12.9. The van der Waals surface area contributed by atoms with Crippen LogP contribution in [0, 0.1) is 22.0 Å². The molecule has 0 spiro atoms. The molecule has 2 amide bonds. The summed E-state index contributed by atoms with van der Waals surface area (Å²) in [6.45, 7) is 3.83. The van der Waals surface area contributed by atoms with Gasteiger partial charge in [-0.25, -0.2) is 4.90 Å². The normalized spacial score (nSPS) is 23.6. The van der Waals surface area contributed by atoms with Crippen LogP contribution in [-0.2, 0) is 16.1 Å². The second-order valence-electron chi connectivity index (χ2n) is 9.19. The number of piperazine rings is 1.